The Bertz CT molecular complexity index is 1280. The Morgan fingerprint density at radius 2 is 1.73 bits per heavy atom. The maximum absolute atomic E-state index is 4.65. The van der Waals surface area contributed by atoms with Crippen LogP contribution in [0, 0.1) is 0 Å². The molecule has 8 heteroatoms. The van der Waals surface area contributed by atoms with E-state index in [2.05, 4.69) is 85.6 Å². The van der Waals surface area contributed by atoms with E-state index in [-0.39, 0.29) is 0 Å². The first-order valence-electron chi connectivity index (χ1n) is 10.1. The van der Waals surface area contributed by atoms with E-state index < -0.39 is 0 Å². The van der Waals surface area contributed by atoms with Crippen LogP contribution in [0.25, 0.3) is 28.2 Å². The first kappa shape index (κ1) is 18.2. The zero-order valence-corrected chi connectivity index (χ0v) is 16.9. The fourth-order valence-electron chi connectivity index (χ4n) is 3.75. The van der Waals surface area contributed by atoms with Gasteiger partial charge in [0.1, 0.15) is 0 Å². The lowest BCUT2D eigenvalue weighted by atomic mass is 9.98. The summed E-state index contributed by atoms with van der Waals surface area (Å²) in [4.78, 5) is 4.60. The van der Waals surface area contributed by atoms with Gasteiger partial charge in [-0.1, -0.05) is 62.4 Å². The Kier molecular flexibility index (Phi) is 4.59. The largest absolute Gasteiger partial charge is 0.263 e. The number of aromatic amines is 1. The second-order valence-corrected chi connectivity index (χ2v) is 7.17. The summed E-state index contributed by atoms with van der Waals surface area (Å²) in [6.45, 7) is 4.97. The molecule has 0 radical (unpaired) electrons. The molecule has 8 nitrogen and oxygen atoms in total. The van der Waals surface area contributed by atoms with Gasteiger partial charge in [0.05, 0.1) is 6.54 Å². The molecule has 0 amide bonds. The van der Waals surface area contributed by atoms with Crippen LogP contribution in [0.15, 0.2) is 54.6 Å². The molecule has 0 saturated carbocycles. The highest BCUT2D eigenvalue weighted by Gasteiger charge is 2.13. The van der Waals surface area contributed by atoms with Crippen molar-refractivity contribution < 1.29 is 0 Å². The third kappa shape index (κ3) is 3.16. The summed E-state index contributed by atoms with van der Waals surface area (Å²) in [5.74, 6) is 1.53. The molecule has 0 aliphatic carbocycles. The Hall–Kier alpha value is -3.81. The molecule has 0 saturated heterocycles. The van der Waals surface area contributed by atoms with Gasteiger partial charge in [-0.2, -0.15) is 4.63 Å². The van der Waals surface area contributed by atoms with Crippen LogP contribution in [-0.4, -0.2) is 40.0 Å². The van der Waals surface area contributed by atoms with Crippen LogP contribution in [0.2, 0.25) is 0 Å². The van der Waals surface area contributed by atoms with Gasteiger partial charge >= 0.3 is 0 Å². The molecule has 3 aromatic heterocycles. The number of hydrogen-bond donors (Lipinski definition) is 1. The lowest BCUT2D eigenvalue weighted by molar-refractivity contribution is 0.556. The average molecular weight is 398 g/mol. The van der Waals surface area contributed by atoms with Crippen LogP contribution in [-0.2, 0) is 19.4 Å². The van der Waals surface area contributed by atoms with Crippen LogP contribution < -0.4 is 0 Å². The van der Waals surface area contributed by atoms with Gasteiger partial charge in [0, 0.05) is 23.7 Å². The number of nitrogens with one attached hydrogen (secondary N) is 1. The van der Waals surface area contributed by atoms with Crippen molar-refractivity contribution >= 4 is 5.65 Å². The lowest BCUT2D eigenvalue weighted by Gasteiger charge is -2.11. The average Bonchev–Trinajstić information content (AvgIpc) is 3.52. The predicted octanol–water partition coefficient (Wildman–Crippen LogP) is 3.55. The summed E-state index contributed by atoms with van der Waals surface area (Å²) in [6.07, 6.45) is 1.77. The fourth-order valence-corrected chi connectivity index (χ4v) is 3.75. The van der Waals surface area contributed by atoms with Crippen LogP contribution in [0.1, 0.15) is 30.9 Å². The third-order valence-electron chi connectivity index (χ3n) is 5.32. The van der Waals surface area contributed by atoms with Gasteiger partial charge in [-0.05, 0) is 33.5 Å². The van der Waals surface area contributed by atoms with E-state index in [0.717, 1.165) is 47.5 Å². The number of aryl methyl sites for hydroxylation is 2. The van der Waals surface area contributed by atoms with Crippen molar-refractivity contribution in [1.29, 1.82) is 0 Å². The summed E-state index contributed by atoms with van der Waals surface area (Å²) in [5, 5.41) is 19.0. The van der Waals surface area contributed by atoms with Crippen LogP contribution in [0.5, 0.6) is 0 Å². The zero-order valence-electron chi connectivity index (χ0n) is 16.9. The summed E-state index contributed by atoms with van der Waals surface area (Å²) in [5.41, 5.74) is 6.52. The summed E-state index contributed by atoms with van der Waals surface area (Å²) < 4.78 is 4.13. The Balaban J connectivity index is 1.47. The van der Waals surface area contributed by atoms with Gasteiger partial charge in [0.2, 0.25) is 0 Å². The normalized spacial score (nSPS) is 11.4. The number of H-pyrrole nitrogens is 1. The maximum Gasteiger partial charge on any atom is 0.180 e. The highest BCUT2D eigenvalue weighted by atomic mass is 15.5. The van der Waals surface area contributed by atoms with Crippen molar-refractivity contribution in [3.05, 3.63) is 71.7 Å². The molecule has 0 atom stereocenters. The van der Waals surface area contributed by atoms with Crippen LogP contribution >= 0.6 is 0 Å². The first-order valence-corrected chi connectivity index (χ1v) is 10.1. The molecule has 0 spiro atoms. The minimum atomic E-state index is 0.662. The van der Waals surface area contributed by atoms with Gasteiger partial charge in [-0.3, -0.25) is 4.68 Å². The molecular formula is C22H22N8. The van der Waals surface area contributed by atoms with Crippen molar-refractivity contribution in [1.82, 2.24) is 40.0 Å². The van der Waals surface area contributed by atoms with Gasteiger partial charge < -0.3 is 0 Å². The maximum atomic E-state index is 4.65. The Morgan fingerprint density at radius 3 is 2.43 bits per heavy atom. The molecule has 0 fully saturated rings. The van der Waals surface area contributed by atoms with Crippen LogP contribution in [0.3, 0.4) is 0 Å². The van der Waals surface area contributed by atoms with Crippen molar-refractivity contribution in [2.75, 3.05) is 0 Å². The van der Waals surface area contributed by atoms with Crippen molar-refractivity contribution in [2.24, 2.45) is 0 Å². The van der Waals surface area contributed by atoms with Crippen molar-refractivity contribution in [3.8, 4) is 22.5 Å². The number of benzene rings is 2. The van der Waals surface area contributed by atoms with Gasteiger partial charge in [-0.15, -0.1) is 10.2 Å². The number of hydrogen-bond acceptors (Lipinski definition) is 5. The van der Waals surface area contributed by atoms with Gasteiger partial charge in [0.15, 0.2) is 17.3 Å². The molecule has 1 N–H and O–H groups in total. The monoisotopic (exact) mass is 398 g/mol. The molecule has 2 aromatic carbocycles. The second kappa shape index (κ2) is 7.55. The second-order valence-electron chi connectivity index (χ2n) is 7.17. The molecule has 5 rings (SSSR count). The van der Waals surface area contributed by atoms with E-state index in [9.17, 15) is 0 Å². The van der Waals surface area contributed by atoms with Gasteiger partial charge in [0.25, 0.3) is 0 Å². The van der Waals surface area contributed by atoms with Crippen molar-refractivity contribution in [2.45, 2.75) is 33.2 Å². The number of fused-ring (bicyclic) bond motifs is 1. The fraction of sp³-hybridized carbons (Fsp3) is 0.227. The number of aromatic nitrogens is 8. The van der Waals surface area contributed by atoms with E-state index in [0.29, 0.717) is 5.82 Å². The predicted molar refractivity (Wildman–Crippen MR) is 114 cm³/mol. The number of rotatable bonds is 6. The Labute approximate surface area is 173 Å². The number of tetrazole rings is 1. The first-order chi connectivity index (χ1) is 14.8. The topological polar surface area (TPSA) is 89.6 Å². The van der Waals surface area contributed by atoms with E-state index in [1.807, 2.05) is 22.8 Å². The quantitative estimate of drug-likeness (QED) is 0.472. The molecule has 0 aliphatic rings. The van der Waals surface area contributed by atoms with E-state index in [1.165, 1.54) is 11.3 Å². The molecule has 30 heavy (non-hydrogen) atoms. The molecule has 3 heterocycles. The minimum Gasteiger partial charge on any atom is -0.263 e. The van der Waals surface area contributed by atoms with Gasteiger partial charge in [-0.25, -0.2) is 10.1 Å². The summed E-state index contributed by atoms with van der Waals surface area (Å²) in [7, 11) is 0. The SMILES string of the molecule is CCc1nc2cc(CC)n(Cc3ccc(-c4ccccc4-c4nnn[nH]4)cc3)n2n1. The zero-order chi connectivity index (χ0) is 20.5. The highest BCUT2D eigenvalue weighted by molar-refractivity contribution is 5.80. The molecule has 0 unspecified atom stereocenters. The minimum absolute atomic E-state index is 0.662. The van der Waals surface area contributed by atoms with Crippen molar-refractivity contribution in [3.63, 3.8) is 0 Å². The molecule has 150 valence electrons. The molecule has 0 bridgehead atoms. The molecular weight excluding hydrogens is 376 g/mol. The van der Waals surface area contributed by atoms with E-state index in [4.69, 9.17) is 0 Å². The molecule has 0 aliphatic heterocycles. The lowest BCUT2D eigenvalue weighted by Crippen LogP contribution is -2.11. The highest BCUT2D eigenvalue weighted by Crippen LogP contribution is 2.29. The Morgan fingerprint density at radius 1 is 0.933 bits per heavy atom. The van der Waals surface area contributed by atoms with E-state index in [1.54, 1.807) is 0 Å². The summed E-state index contributed by atoms with van der Waals surface area (Å²) in [6, 6.07) is 18.8. The van der Waals surface area contributed by atoms with E-state index >= 15 is 0 Å². The third-order valence-corrected chi connectivity index (χ3v) is 5.32. The molecule has 5 aromatic rings. The van der Waals surface area contributed by atoms with Crippen LogP contribution in [0.4, 0.5) is 0 Å². The smallest absolute Gasteiger partial charge is 0.180 e. The number of nitrogens with zero attached hydrogens (tertiary/aromatic N) is 7. The standard InChI is InChI=1S/C22H22N8/c1-3-17-13-21-23-20(4-2)26-30(21)29(17)14-15-9-11-16(12-10-15)18-7-5-6-8-19(18)22-24-27-28-25-22/h5-13H,3-4,14H2,1-2H3,(H,24,25,27,28). The summed E-state index contributed by atoms with van der Waals surface area (Å²) >= 11 is 0.